The molecule has 3 heterocycles. The molecule has 1 N–H and O–H groups in total. The number of rotatable bonds is 4. The van der Waals surface area contributed by atoms with E-state index in [2.05, 4.69) is 19.0 Å². The van der Waals surface area contributed by atoms with Gasteiger partial charge in [-0.3, -0.25) is 9.78 Å². The third-order valence-electron chi connectivity index (χ3n) is 4.55. The molecule has 0 aliphatic carbocycles. The summed E-state index contributed by atoms with van der Waals surface area (Å²) in [7, 11) is -3.75. The van der Waals surface area contributed by atoms with Crippen LogP contribution in [-0.2, 0) is 14.8 Å². The fraction of sp³-hybridized carbons (Fsp3) is 0.294. The fourth-order valence-corrected chi connectivity index (χ4v) is 5.46. The third kappa shape index (κ3) is 3.55. The molecule has 0 radical (unpaired) electrons. The molecule has 0 bridgehead atoms. The maximum atomic E-state index is 13.1. The van der Waals surface area contributed by atoms with Gasteiger partial charge in [0.05, 0.1) is 29.5 Å². The summed E-state index contributed by atoms with van der Waals surface area (Å²) in [6.07, 6.45) is 4.44. The van der Waals surface area contributed by atoms with E-state index in [-0.39, 0.29) is 17.3 Å². The second-order valence-corrected chi connectivity index (χ2v) is 8.76. The molecule has 3 aromatic rings. The van der Waals surface area contributed by atoms with Crippen molar-refractivity contribution in [2.75, 3.05) is 18.4 Å². The molecule has 10 heteroatoms. The van der Waals surface area contributed by atoms with Crippen molar-refractivity contribution in [3.05, 3.63) is 42.7 Å². The second kappa shape index (κ2) is 7.29. The van der Waals surface area contributed by atoms with E-state index < -0.39 is 15.9 Å². The van der Waals surface area contributed by atoms with E-state index in [1.165, 1.54) is 4.31 Å². The number of nitrogens with zero attached hydrogens (tertiary/aromatic N) is 4. The van der Waals surface area contributed by atoms with Gasteiger partial charge < -0.3 is 5.32 Å². The van der Waals surface area contributed by atoms with E-state index >= 15 is 0 Å². The Bertz CT molecular complexity index is 1070. The lowest BCUT2D eigenvalue weighted by Crippen LogP contribution is -2.43. The maximum absolute atomic E-state index is 13.1. The number of pyridine rings is 1. The van der Waals surface area contributed by atoms with Gasteiger partial charge in [0, 0.05) is 19.3 Å². The number of anilines is 1. The summed E-state index contributed by atoms with van der Waals surface area (Å²) in [6, 6.07) is 8.41. The number of hydrogen-bond acceptors (Lipinski definition) is 7. The first-order chi connectivity index (χ1) is 13.1. The SMILES string of the molecule is O=C(Nc1cccnc1)[C@H]1CCCN(S(=O)(=O)c2cccc3nsnc23)C1. The maximum Gasteiger partial charge on any atom is 0.245 e. The normalized spacial score (nSPS) is 18.4. The van der Waals surface area contributed by atoms with E-state index in [0.29, 0.717) is 36.1 Å². The lowest BCUT2D eigenvalue weighted by atomic mass is 9.99. The van der Waals surface area contributed by atoms with Crippen LogP contribution in [0.1, 0.15) is 12.8 Å². The molecule has 1 aliphatic heterocycles. The molecular weight excluding hydrogens is 386 g/mol. The van der Waals surface area contributed by atoms with E-state index in [1.807, 2.05) is 0 Å². The van der Waals surface area contributed by atoms with Gasteiger partial charge in [0.2, 0.25) is 15.9 Å². The van der Waals surface area contributed by atoms with Crippen LogP contribution in [0.4, 0.5) is 5.69 Å². The molecule has 0 saturated carbocycles. The Morgan fingerprint density at radius 1 is 1.22 bits per heavy atom. The average Bonchev–Trinajstić information content (AvgIpc) is 3.17. The van der Waals surface area contributed by atoms with E-state index in [1.54, 1.807) is 42.7 Å². The number of carbonyl (C=O) groups excluding carboxylic acids is 1. The lowest BCUT2D eigenvalue weighted by Gasteiger charge is -2.31. The molecule has 1 aliphatic rings. The Hall–Kier alpha value is -2.43. The minimum Gasteiger partial charge on any atom is -0.324 e. The van der Waals surface area contributed by atoms with Gasteiger partial charge in [-0.25, -0.2) is 8.42 Å². The van der Waals surface area contributed by atoms with Crippen molar-refractivity contribution in [3.8, 4) is 0 Å². The van der Waals surface area contributed by atoms with Crippen LogP contribution in [0.5, 0.6) is 0 Å². The van der Waals surface area contributed by atoms with Crippen molar-refractivity contribution in [2.24, 2.45) is 5.92 Å². The highest BCUT2D eigenvalue weighted by Gasteiger charge is 2.34. The van der Waals surface area contributed by atoms with Gasteiger partial charge in [-0.1, -0.05) is 6.07 Å². The summed E-state index contributed by atoms with van der Waals surface area (Å²) in [6.45, 7) is 0.523. The Labute approximate surface area is 160 Å². The highest BCUT2D eigenvalue weighted by Crippen LogP contribution is 2.28. The van der Waals surface area contributed by atoms with Crippen molar-refractivity contribution in [1.29, 1.82) is 0 Å². The van der Waals surface area contributed by atoms with Crippen LogP contribution in [0.2, 0.25) is 0 Å². The number of sulfonamides is 1. The van der Waals surface area contributed by atoms with Crippen LogP contribution < -0.4 is 5.32 Å². The van der Waals surface area contributed by atoms with Gasteiger partial charge in [0.1, 0.15) is 15.9 Å². The molecule has 27 heavy (non-hydrogen) atoms. The van der Waals surface area contributed by atoms with E-state index in [4.69, 9.17) is 0 Å². The average molecular weight is 403 g/mol. The number of hydrogen-bond donors (Lipinski definition) is 1. The highest BCUT2D eigenvalue weighted by atomic mass is 32.2. The van der Waals surface area contributed by atoms with Crippen molar-refractivity contribution in [3.63, 3.8) is 0 Å². The standard InChI is InChI=1S/C17H17N5O3S2/c23-17(19-13-5-2-8-18-10-13)12-4-3-9-22(11-12)27(24,25)15-7-1-6-14-16(15)21-26-20-14/h1-2,5-8,10,12H,3-4,9,11H2,(H,19,23)/t12-/m0/s1. The molecule has 1 aromatic carbocycles. The molecule has 1 fully saturated rings. The first-order valence-electron chi connectivity index (χ1n) is 8.48. The fourth-order valence-electron chi connectivity index (χ4n) is 3.18. The van der Waals surface area contributed by atoms with Crippen LogP contribution in [-0.4, -0.2) is 45.5 Å². The van der Waals surface area contributed by atoms with Gasteiger partial charge in [-0.15, -0.1) is 0 Å². The van der Waals surface area contributed by atoms with Gasteiger partial charge in [0.15, 0.2) is 0 Å². The van der Waals surface area contributed by atoms with Crippen molar-refractivity contribution >= 4 is 44.4 Å². The van der Waals surface area contributed by atoms with Crippen molar-refractivity contribution in [2.45, 2.75) is 17.7 Å². The van der Waals surface area contributed by atoms with Gasteiger partial charge >= 0.3 is 0 Å². The number of amides is 1. The molecular formula is C17H17N5O3S2. The van der Waals surface area contributed by atoms with Crippen molar-refractivity contribution in [1.82, 2.24) is 18.0 Å². The Morgan fingerprint density at radius 2 is 2.11 bits per heavy atom. The molecule has 8 nitrogen and oxygen atoms in total. The molecule has 4 rings (SSSR count). The van der Waals surface area contributed by atoms with Gasteiger partial charge in [-0.05, 0) is 37.1 Å². The van der Waals surface area contributed by atoms with Crippen LogP contribution in [0.15, 0.2) is 47.6 Å². The first-order valence-corrected chi connectivity index (χ1v) is 10.6. The number of aromatic nitrogens is 3. The zero-order valence-electron chi connectivity index (χ0n) is 14.3. The van der Waals surface area contributed by atoms with Crippen molar-refractivity contribution < 1.29 is 13.2 Å². The third-order valence-corrected chi connectivity index (χ3v) is 6.99. The summed E-state index contributed by atoms with van der Waals surface area (Å²) in [4.78, 5) is 16.7. The highest BCUT2D eigenvalue weighted by molar-refractivity contribution is 7.89. The molecule has 1 saturated heterocycles. The monoisotopic (exact) mass is 403 g/mol. The number of carbonyl (C=O) groups is 1. The number of benzene rings is 1. The van der Waals surface area contributed by atoms with Gasteiger partial charge in [0.25, 0.3) is 0 Å². The quantitative estimate of drug-likeness (QED) is 0.715. The van der Waals surface area contributed by atoms with Crippen LogP contribution in [0.25, 0.3) is 11.0 Å². The molecule has 140 valence electrons. The summed E-state index contributed by atoms with van der Waals surface area (Å²) in [5, 5.41) is 2.81. The predicted octanol–water partition coefficient (Wildman–Crippen LogP) is 2.13. The summed E-state index contributed by atoms with van der Waals surface area (Å²) < 4.78 is 35.9. The molecule has 1 amide bonds. The summed E-state index contributed by atoms with van der Waals surface area (Å²) in [5.74, 6) is -0.613. The lowest BCUT2D eigenvalue weighted by molar-refractivity contribution is -0.120. The molecule has 0 unspecified atom stereocenters. The van der Waals surface area contributed by atoms with Crippen LogP contribution in [0.3, 0.4) is 0 Å². The molecule has 0 spiro atoms. The minimum atomic E-state index is -3.75. The molecule has 1 atom stereocenters. The van der Waals surface area contributed by atoms with Gasteiger partial charge in [-0.2, -0.15) is 13.1 Å². The topological polar surface area (TPSA) is 105 Å². The Kier molecular flexibility index (Phi) is 4.85. The zero-order valence-corrected chi connectivity index (χ0v) is 15.9. The largest absolute Gasteiger partial charge is 0.324 e. The van der Waals surface area contributed by atoms with Crippen LogP contribution in [0, 0.1) is 5.92 Å². The zero-order chi connectivity index (χ0) is 18.9. The smallest absolute Gasteiger partial charge is 0.245 e. The predicted molar refractivity (Wildman–Crippen MR) is 102 cm³/mol. The first kappa shape index (κ1) is 18.0. The summed E-state index contributed by atoms with van der Waals surface area (Å²) >= 11 is 0.983. The Morgan fingerprint density at radius 3 is 2.93 bits per heavy atom. The number of nitrogens with one attached hydrogen (secondary N) is 1. The number of fused-ring (bicyclic) bond motifs is 1. The number of piperidine rings is 1. The Balaban J connectivity index is 1.55. The van der Waals surface area contributed by atoms with E-state index in [0.717, 1.165) is 11.7 Å². The molecule has 2 aromatic heterocycles. The van der Waals surface area contributed by atoms with Crippen LogP contribution >= 0.6 is 11.7 Å². The second-order valence-electron chi connectivity index (χ2n) is 6.32. The minimum absolute atomic E-state index is 0.141. The van der Waals surface area contributed by atoms with E-state index in [9.17, 15) is 13.2 Å². The summed E-state index contributed by atoms with van der Waals surface area (Å²) in [5.41, 5.74) is 1.54.